The molecule has 0 N–H and O–H groups in total. The normalized spacial score (nSPS) is 32.4. The van der Waals surface area contributed by atoms with Crippen LogP contribution >= 0.6 is 0 Å². The summed E-state index contributed by atoms with van der Waals surface area (Å²) in [4.78, 5) is 11.4. The Hall–Kier alpha value is -0.790. The van der Waals surface area contributed by atoms with E-state index in [9.17, 15) is 4.79 Å². The molecule has 1 aliphatic heterocycles. The van der Waals surface area contributed by atoms with Gasteiger partial charge < -0.3 is 4.74 Å². The van der Waals surface area contributed by atoms with Gasteiger partial charge in [0.05, 0.1) is 0 Å². The molecule has 1 heterocycles. The van der Waals surface area contributed by atoms with E-state index in [1.165, 1.54) is 6.42 Å². The lowest BCUT2D eigenvalue weighted by Gasteiger charge is -2.19. The summed E-state index contributed by atoms with van der Waals surface area (Å²) in [7, 11) is 0. The molecule has 1 saturated heterocycles. The highest BCUT2D eigenvalue weighted by Crippen LogP contribution is 2.37. The van der Waals surface area contributed by atoms with Crippen molar-refractivity contribution in [1.82, 2.24) is 0 Å². The van der Waals surface area contributed by atoms with E-state index in [1.807, 2.05) is 0 Å². The van der Waals surface area contributed by atoms with Crippen LogP contribution in [-0.2, 0) is 9.53 Å². The van der Waals surface area contributed by atoms with E-state index in [-0.39, 0.29) is 12.1 Å². The van der Waals surface area contributed by atoms with Gasteiger partial charge in [-0.3, -0.25) is 0 Å². The molecule has 1 aliphatic carbocycles. The van der Waals surface area contributed by atoms with Crippen LogP contribution in [0.3, 0.4) is 0 Å². The third-order valence-electron chi connectivity index (χ3n) is 3.00. The Morgan fingerprint density at radius 1 is 1.62 bits per heavy atom. The van der Waals surface area contributed by atoms with E-state index in [1.54, 1.807) is 0 Å². The number of carbonyl (C=O) groups is 1. The molecule has 0 aromatic carbocycles. The Balaban J connectivity index is 2.14. The molecule has 0 unspecified atom stereocenters. The molecule has 0 amide bonds. The summed E-state index contributed by atoms with van der Waals surface area (Å²) < 4.78 is 5.34. The summed E-state index contributed by atoms with van der Waals surface area (Å²) in [5, 5.41) is 0. The first-order chi connectivity index (χ1) is 6.33. The van der Waals surface area contributed by atoms with Crippen LogP contribution in [0.25, 0.3) is 0 Å². The van der Waals surface area contributed by atoms with Gasteiger partial charge in [0.25, 0.3) is 0 Å². The van der Waals surface area contributed by atoms with Crippen LogP contribution in [-0.4, -0.2) is 12.1 Å². The monoisotopic (exact) mass is 180 g/mol. The van der Waals surface area contributed by atoms with E-state index in [4.69, 9.17) is 4.74 Å². The fraction of sp³-hybridized carbons (Fsp3) is 0.727. The quantitative estimate of drug-likeness (QED) is 0.610. The van der Waals surface area contributed by atoms with E-state index in [2.05, 4.69) is 13.0 Å². The maximum absolute atomic E-state index is 11.4. The third kappa shape index (κ3) is 1.50. The molecule has 2 nitrogen and oxygen atoms in total. The minimum Gasteiger partial charge on any atom is -0.458 e. The van der Waals surface area contributed by atoms with Gasteiger partial charge in [-0.05, 0) is 25.7 Å². The van der Waals surface area contributed by atoms with Crippen LogP contribution in [0.15, 0.2) is 11.6 Å². The van der Waals surface area contributed by atoms with Gasteiger partial charge in [-0.15, -0.1) is 0 Å². The van der Waals surface area contributed by atoms with Gasteiger partial charge in [-0.2, -0.15) is 0 Å². The minimum absolute atomic E-state index is 0.0526. The molecule has 2 heteroatoms. The van der Waals surface area contributed by atoms with Crippen molar-refractivity contribution in [2.45, 2.75) is 45.1 Å². The van der Waals surface area contributed by atoms with Crippen LogP contribution in [0, 0.1) is 5.92 Å². The first-order valence-corrected chi connectivity index (χ1v) is 5.24. The van der Waals surface area contributed by atoms with Gasteiger partial charge >= 0.3 is 5.97 Å². The lowest BCUT2D eigenvalue weighted by atomic mass is 9.84. The number of hydrogen-bond donors (Lipinski definition) is 0. The summed E-state index contributed by atoms with van der Waals surface area (Å²) >= 11 is 0. The molecule has 2 rings (SSSR count). The van der Waals surface area contributed by atoms with E-state index in [0.29, 0.717) is 5.92 Å². The average Bonchev–Trinajstić information content (AvgIpc) is 2.46. The number of fused-ring (bicyclic) bond motifs is 1. The lowest BCUT2D eigenvalue weighted by Crippen LogP contribution is -2.17. The van der Waals surface area contributed by atoms with Crippen molar-refractivity contribution in [3.63, 3.8) is 0 Å². The summed E-state index contributed by atoms with van der Waals surface area (Å²) in [6, 6.07) is 0. The number of hydrogen-bond acceptors (Lipinski definition) is 2. The van der Waals surface area contributed by atoms with Gasteiger partial charge in [-0.25, -0.2) is 4.79 Å². The highest BCUT2D eigenvalue weighted by atomic mass is 16.6. The van der Waals surface area contributed by atoms with E-state index < -0.39 is 0 Å². The predicted molar refractivity (Wildman–Crippen MR) is 50.2 cm³/mol. The Bertz CT molecular complexity index is 242. The van der Waals surface area contributed by atoms with Gasteiger partial charge in [0.2, 0.25) is 0 Å². The fourth-order valence-electron chi connectivity index (χ4n) is 2.36. The Labute approximate surface area is 79.0 Å². The van der Waals surface area contributed by atoms with Crippen molar-refractivity contribution in [3.8, 4) is 0 Å². The standard InChI is InChI=1S/C11H16O2/c1-2-5-10-8-6-3-4-7-9(8)11(12)13-10/h7-8,10H,2-6H2,1H3/t8-,10-/m1/s1. The number of rotatable bonds is 2. The first-order valence-electron chi connectivity index (χ1n) is 5.24. The molecule has 1 fully saturated rings. The number of esters is 1. The Morgan fingerprint density at radius 2 is 2.46 bits per heavy atom. The Kier molecular flexibility index (Phi) is 2.38. The maximum atomic E-state index is 11.4. The number of cyclic esters (lactones) is 1. The zero-order valence-corrected chi connectivity index (χ0v) is 8.08. The molecule has 0 aromatic heterocycles. The fourth-order valence-corrected chi connectivity index (χ4v) is 2.36. The molecular formula is C11H16O2. The second-order valence-corrected chi connectivity index (χ2v) is 3.93. The predicted octanol–water partition coefficient (Wildman–Crippen LogP) is 2.44. The lowest BCUT2D eigenvalue weighted by molar-refractivity contribution is -0.139. The molecule has 2 atom stereocenters. The van der Waals surface area contributed by atoms with Crippen LogP contribution in [0.4, 0.5) is 0 Å². The molecule has 0 aromatic rings. The van der Waals surface area contributed by atoms with Crippen molar-refractivity contribution in [1.29, 1.82) is 0 Å². The van der Waals surface area contributed by atoms with E-state index >= 15 is 0 Å². The van der Waals surface area contributed by atoms with Crippen LogP contribution in [0.2, 0.25) is 0 Å². The smallest absolute Gasteiger partial charge is 0.334 e. The van der Waals surface area contributed by atoms with Crippen LogP contribution in [0.1, 0.15) is 39.0 Å². The second-order valence-electron chi connectivity index (χ2n) is 3.93. The Morgan fingerprint density at radius 3 is 3.23 bits per heavy atom. The van der Waals surface area contributed by atoms with Crippen molar-refractivity contribution < 1.29 is 9.53 Å². The maximum Gasteiger partial charge on any atom is 0.334 e. The average molecular weight is 180 g/mol. The number of ether oxygens (including phenoxy) is 1. The SMILES string of the molecule is CCC[C@H]1OC(=O)C2=CCCC[C@H]21. The number of carbonyl (C=O) groups excluding carboxylic acids is 1. The molecular weight excluding hydrogens is 164 g/mol. The third-order valence-corrected chi connectivity index (χ3v) is 3.00. The minimum atomic E-state index is -0.0526. The highest BCUT2D eigenvalue weighted by Gasteiger charge is 2.39. The molecule has 0 radical (unpaired) electrons. The topological polar surface area (TPSA) is 26.3 Å². The van der Waals surface area contributed by atoms with Crippen molar-refractivity contribution in [2.24, 2.45) is 5.92 Å². The summed E-state index contributed by atoms with van der Waals surface area (Å²) in [6.07, 6.45) is 7.79. The van der Waals surface area contributed by atoms with Crippen LogP contribution < -0.4 is 0 Å². The zero-order chi connectivity index (χ0) is 9.26. The molecule has 72 valence electrons. The van der Waals surface area contributed by atoms with Gasteiger partial charge in [0.1, 0.15) is 6.10 Å². The largest absolute Gasteiger partial charge is 0.458 e. The van der Waals surface area contributed by atoms with Gasteiger partial charge in [0.15, 0.2) is 0 Å². The van der Waals surface area contributed by atoms with Crippen molar-refractivity contribution in [3.05, 3.63) is 11.6 Å². The number of allylic oxidation sites excluding steroid dienone is 1. The van der Waals surface area contributed by atoms with Gasteiger partial charge in [-0.1, -0.05) is 19.4 Å². The molecule has 2 aliphatic rings. The molecule has 13 heavy (non-hydrogen) atoms. The van der Waals surface area contributed by atoms with Crippen LogP contribution in [0.5, 0.6) is 0 Å². The van der Waals surface area contributed by atoms with Gasteiger partial charge in [0, 0.05) is 11.5 Å². The second kappa shape index (κ2) is 3.52. The van der Waals surface area contributed by atoms with Crippen molar-refractivity contribution >= 4 is 5.97 Å². The summed E-state index contributed by atoms with van der Waals surface area (Å²) in [5.74, 6) is 0.365. The molecule has 0 spiro atoms. The van der Waals surface area contributed by atoms with Crippen molar-refractivity contribution in [2.75, 3.05) is 0 Å². The molecule has 0 saturated carbocycles. The summed E-state index contributed by atoms with van der Waals surface area (Å²) in [6.45, 7) is 2.14. The highest BCUT2D eigenvalue weighted by molar-refractivity contribution is 5.91. The summed E-state index contributed by atoms with van der Waals surface area (Å²) in [5.41, 5.74) is 0.963. The molecule has 0 bridgehead atoms. The first kappa shape index (κ1) is 8.79. The van der Waals surface area contributed by atoms with E-state index in [0.717, 1.165) is 31.3 Å². The zero-order valence-electron chi connectivity index (χ0n) is 8.08.